The summed E-state index contributed by atoms with van der Waals surface area (Å²) in [5.74, 6) is 0. The first-order chi connectivity index (χ1) is 5.43. The lowest BCUT2D eigenvalue weighted by Gasteiger charge is -2.20. The van der Waals surface area contributed by atoms with Crippen LogP contribution in [0.5, 0.6) is 0 Å². The normalized spacial score (nSPS) is 19.2. The van der Waals surface area contributed by atoms with E-state index in [1.165, 1.54) is 6.92 Å². The summed E-state index contributed by atoms with van der Waals surface area (Å²) in [5.41, 5.74) is 0. The van der Waals surface area contributed by atoms with Crippen LogP contribution in [0.25, 0.3) is 0 Å². The van der Waals surface area contributed by atoms with Crippen molar-refractivity contribution in [1.29, 1.82) is 0 Å². The zero-order chi connectivity index (χ0) is 9.72. The molecule has 0 bridgehead atoms. The van der Waals surface area contributed by atoms with Gasteiger partial charge in [0.05, 0.1) is 18.3 Å². The second-order valence-corrected chi connectivity index (χ2v) is 3.46. The van der Waals surface area contributed by atoms with Crippen LogP contribution >= 0.6 is 0 Å². The number of nitrogens with zero attached hydrogens (tertiary/aromatic N) is 1. The van der Waals surface area contributed by atoms with E-state index in [4.69, 9.17) is 5.11 Å². The molecule has 0 spiro atoms. The van der Waals surface area contributed by atoms with Gasteiger partial charge in [0.1, 0.15) is 0 Å². The summed E-state index contributed by atoms with van der Waals surface area (Å²) >= 11 is 0. The molecule has 0 aromatic carbocycles. The van der Waals surface area contributed by atoms with Gasteiger partial charge in [0, 0.05) is 13.0 Å². The predicted molar refractivity (Wildman–Crippen MR) is 46.9 cm³/mol. The Hall–Kier alpha value is -0.160. The number of aliphatic hydroxyl groups is 3. The van der Waals surface area contributed by atoms with Crippen molar-refractivity contribution >= 4 is 0 Å². The molecule has 0 amide bonds. The van der Waals surface area contributed by atoms with Crippen molar-refractivity contribution in [2.45, 2.75) is 31.7 Å². The highest BCUT2D eigenvalue weighted by molar-refractivity contribution is 4.69. The Kier molecular flexibility index (Phi) is 5.41. The molecule has 0 unspecified atom stereocenters. The van der Waals surface area contributed by atoms with E-state index in [1.807, 2.05) is 19.0 Å². The van der Waals surface area contributed by atoms with Crippen LogP contribution in [0.15, 0.2) is 0 Å². The second kappa shape index (κ2) is 5.48. The molecule has 0 aromatic heterocycles. The van der Waals surface area contributed by atoms with E-state index in [1.54, 1.807) is 0 Å². The third-order valence-corrected chi connectivity index (χ3v) is 1.65. The minimum absolute atomic E-state index is 0.218. The molecule has 0 rings (SSSR count). The van der Waals surface area contributed by atoms with Gasteiger partial charge in [-0.05, 0) is 21.0 Å². The number of hydrogen-bond donors (Lipinski definition) is 3. The Morgan fingerprint density at radius 2 is 1.67 bits per heavy atom. The fourth-order valence-electron chi connectivity index (χ4n) is 0.972. The van der Waals surface area contributed by atoms with Crippen LogP contribution in [0.1, 0.15) is 13.3 Å². The summed E-state index contributed by atoms with van der Waals surface area (Å²) in [7, 11) is 3.69. The van der Waals surface area contributed by atoms with Crippen LogP contribution in [0, 0.1) is 0 Å². The van der Waals surface area contributed by atoms with Gasteiger partial charge in [-0.1, -0.05) is 0 Å². The molecule has 3 atom stereocenters. The maximum Gasteiger partial charge on any atom is 0.0821 e. The molecule has 0 aromatic rings. The van der Waals surface area contributed by atoms with Gasteiger partial charge in [-0.3, -0.25) is 0 Å². The van der Waals surface area contributed by atoms with Crippen LogP contribution in [-0.4, -0.2) is 59.2 Å². The van der Waals surface area contributed by atoms with Crippen molar-refractivity contribution in [2.75, 3.05) is 20.6 Å². The standard InChI is InChI=1S/C8H19NO3/c1-6(10)8(12)4-7(11)5-9(2)3/h6-8,10-12H,4-5H2,1-3H3/t6-,7-,8-/m1/s1. The van der Waals surface area contributed by atoms with Crippen LogP contribution in [0.4, 0.5) is 0 Å². The average molecular weight is 177 g/mol. The van der Waals surface area contributed by atoms with Gasteiger partial charge in [-0.25, -0.2) is 0 Å². The quantitative estimate of drug-likeness (QED) is 0.506. The summed E-state index contributed by atoms with van der Waals surface area (Å²) in [6.45, 7) is 2.01. The van der Waals surface area contributed by atoms with E-state index in [2.05, 4.69) is 0 Å². The topological polar surface area (TPSA) is 63.9 Å². The van der Waals surface area contributed by atoms with Gasteiger partial charge in [0.25, 0.3) is 0 Å². The predicted octanol–water partition coefficient (Wildman–Crippen LogP) is -0.959. The van der Waals surface area contributed by atoms with Crippen molar-refractivity contribution in [3.8, 4) is 0 Å². The molecule has 12 heavy (non-hydrogen) atoms. The first-order valence-corrected chi connectivity index (χ1v) is 4.12. The lowest BCUT2D eigenvalue weighted by Crippen LogP contribution is -2.33. The molecule has 3 N–H and O–H groups in total. The summed E-state index contributed by atoms with van der Waals surface area (Å²) in [4.78, 5) is 1.83. The highest BCUT2D eigenvalue weighted by atomic mass is 16.3. The van der Waals surface area contributed by atoms with E-state index in [-0.39, 0.29) is 6.42 Å². The molecule has 0 saturated heterocycles. The van der Waals surface area contributed by atoms with Gasteiger partial charge in [0.15, 0.2) is 0 Å². The molecule has 0 fully saturated rings. The summed E-state index contributed by atoms with van der Waals surface area (Å²) in [6, 6.07) is 0. The van der Waals surface area contributed by atoms with E-state index in [9.17, 15) is 10.2 Å². The van der Waals surface area contributed by atoms with E-state index < -0.39 is 18.3 Å². The zero-order valence-corrected chi connectivity index (χ0v) is 7.94. The van der Waals surface area contributed by atoms with Gasteiger partial charge in [-0.2, -0.15) is 0 Å². The third kappa shape index (κ3) is 5.49. The number of hydrogen-bond acceptors (Lipinski definition) is 4. The van der Waals surface area contributed by atoms with Crippen LogP contribution in [0.2, 0.25) is 0 Å². The van der Waals surface area contributed by atoms with E-state index in [0.717, 1.165) is 0 Å². The molecule has 4 nitrogen and oxygen atoms in total. The largest absolute Gasteiger partial charge is 0.392 e. The fourth-order valence-corrected chi connectivity index (χ4v) is 0.972. The number of aliphatic hydroxyl groups excluding tert-OH is 3. The molecule has 0 heterocycles. The summed E-state index contributed by atoms with van der Waals surface area (Å²) < 4.78 is 0. The van der Waals surface area contributed by atoms with Gasteiger partial charge in [-0.15, -0.1) is 0 Å². The molecule has 0 aliphatic rings. The second-order valence-electron chi connectivity index (χ2n) is 3.46. The maximum atomic E-state index is 9.33. The van der Waals surface area contributed by atoms with E-state index in [0.29, 0.717) is 6.54 Å². The van der Waals surface area contributed by atoms with Crippen molar-refractivity contribution in [1.82, 2.24) is 4.90 Å². The maximum absolute atomic E-state index is 9.33. The Balaban J connectivity index is 3.61. The average Bonchev–Trinajstić information content (AvgIpc) is 1.84. The van der Waals surface area contributed by atoms with Crippen LogP contribution < -0.4 is 0 Å². The number of likely N-dealkylation sites (N-methyl/N-ethyl adjacent to an activating group) is 1. The Bertz CT molecular complexity index is 117. The van der Waals surface area contributed by atoms with Gasteiger partial charge in [0.2, 0.25) is 0 Å². The van der Waals surface area contributed by atoms with Gasteiger partial charge < -0.3 is 20.2 Å². The molecule has 74 valence electrons. The van der Waals surface area contributed by atoms with Crippen LogP contribution in [0.3, 0.4) is 0 Å². The van der Waals surface area contributed by atoms with Crippen molar-refractivity contribution < 1.29 is 15.3 Å². The SMILES string of the molecule is C[C@@H](O)[C@H](O)C[C@@H](O)CN(C)C. The lowest BCUT2D eigenvalue weighted by atomic mass is 10.1. The minimum atomic E-state index is -0.833. The third-order valence-electron chi connectivity index (χ3n) is 1.65. The molecular formula is C8H19NO3. The monoisotopic (exact) mass is 177 g/mol. The fraction of sp³-hybridized carbons (Fsp3) is 1.00. The Labute approximate surface area is 73.4 Å². The molecule has 0 aliphatic carbocycles. The van der Waals surface area contributed by atoms with E-state index >= 15 is 0 Å². The zero-order valence-electron chi connectivity index (χ0n) is 7.94. The summed E-state index contributed by atoms with van der Waals surface area (Å²) in [6.07, 6.45) is -1.97. The smallest absolute Gasteiger partial charge is 0.0821 e. The van der Waals surface area contributed by atoms with Crippen LogP contribution in [-0.2, 0) is 0 Å². The minimum Gasteiger partial charge on any atom is -0.392 e. The lowest BCUT2D eigenvalue weighted by molar-refractivity contribution is -0.00758. The first kappa shape index (κ1) is 11.8. The van der Waals surface area contributed by atoms with Crippen molar-refractivity contribution in [2.24, 2.45) is 0 Å². The molecular weight excluding hydrogens is 158 g/mol. The first-order valence-electron chi connectivity index (χ1n) is 4.12. The molecule has 4 heteroatoms. The summed E-state index contributed by atoms with van der Waals surface area (Å²) in [5, 5.41) is 27.4. The Morgan fingerprint density at radius 3 is 2.00 bits per heavy atom. The van der Waals surface area contributed by atoms with Crippen molar-refractivity contribution in [3.05, 3.63) is 0 Å². The molecule has 0 radical (unpaired) electrons. The number of rotatable bonds is 5. The van der Waals surface area contributed by atoms with Gasteiger partial charge >= 0.3 is 0 Å². The highest BCUT2D eigenvalue weighted by Gasteiger charge is 2.16. The molecule has 0 saturated carbocycles. The highest BCUT2D eigenvalue weighted by Crippen LogP contribution is 2.03. The van der Waals surface area contributed by atoms with Crippen molar-refractivity contribution in [3.63, 3.8) is 0 Å². The Morgan fingerprint density at radius 1 is 1.17 bits per heavy atom. The molecule has 0 aliphatic heterocycles.